The number of hydrogen-bond donors (Lipinski definition) is 1. The maximum Gasteiger partial charge on any atom is 0.338 e. The Labute approximate surface area is 452 Å². The van der Waals surface area contributed by atoms with E-state index in [4.69, 9.17) is 47.4 Å². The third kappa shape index (κ3) is 13.8. The molecule has 1 unspecified atom stereocenters. The Morgan fingerprint density at radius 1 is 0.304 bits per heavy atom. The van der Waals surface area contributed by atoms with Gasteiger partial charge in [-0.3, -0.25) is 0 Å². The second kappa shape index (κ2) is 26.1. The second-order valence-corrected chi connectivity index (χ2v) is 17.8. The quantitative estimate of drug-likeness (QED) is 0.0642. The largest absolute Gasteiger partial charge is 0.459 e. The molecule has 7 aromatic rings. The molecular weight excluding hydrogens is 1020 g/mol. The van der Waals surface area contributed by atoms with Crippen molar-refractivity contribution < 1.29 is 86.0 Å². The minimum absolute atomic E-state index is 0.0249. The first-order valence-electron chi connectivity index (χ1n) is 24.9. The molecule has 2 aliphatic rings. The van der Waals surface area contributed by atoms with Crippen molar-refractivity contribution in [3.05, 3.63) is 251 Å². The monoisotopic (exact) mass is 1070 g/mol. The summed E-state index contributed by atoms with van der Waals surface area (Å²) in [6.07, 6.45) is -18.2. The molecular formula is C61H50O18. The van der Waals surface area contributed by atoms with E-state index < -0.39 is 116 Å². The van der Waals surface area contributed by atoms with Gasteiger partial charge < -0.3 is 52.5 Å². The number of aliphatic hydroxyl groups excluding tert-OH is 1. The van der Waals surface area contributed by atoms with Crippen molar-refractivity contribution in [3.8, 4) is 0 Å². The third-order valence-corrected chi connectivity index (χ3v) is 12.5. The van der Waals surface area contributed by atoms with Gasteiger partial charge in [0.1, 0.15) is 18.8 Å². The number of carbonyl (C=O) groups is 7. The van der Waals surface area contributed by atoms with Gasteiger partial charge in [0.25, 0.3) is 0 Å². The van der Waals surface area contributed by atoms with Gasteiger partial charge in [-0.25, -0.2) is 33.6 Å². The van der Waals surface area contributed by atoms with E-state index in [1.165, 1.54) is 84.9 Å². The molecule has 0 spiro atoms. The number of hydrogen-bond acceptors (Lipinski definition) is 18. The van der Waals surface area contributed by atoms with Crippen LogP contribution in [0.3, 0.4) is 0 Å². The van der Waals surface area contributed by atoms with E-state index >= 15 is 0 Å². The first kappa shape index (κ1) is 54.5. The molecule has 0 aliphatic carbocycles. The predicted octanol–water partition coefficient (Wildman–Crippen LogP) is 7.66. The van der Waals surface area contributed by atoms with Crippen LogP contribution in [-0.4, -0.2) is 122 Å². The molecule has 7 aromatic carbocycles. The molecule has 0 radical (unpaired) electrons. The number of carbonyl (C=O) groups excluding carboxylic acids is 7. The van der Waals surface area contributed by atoms with Crippen LogP contribution in [0, 0.1) is 0 Å². The maximum atomic E-state index is 14.3. The van der Waals surface area contributed by atoms with Gasteiger partial charge >= 0.3 is 41.8 Å². The molecule has 10 atom stereocenters. The zero-order valence-electron chi connectivity index (χ0n) is 41.8. The fourth-order valence-electron chi connectivity index (χ4n) is 8.58. The van der Waals surface area contributed by atoms with Crippen LogP contribution >= 0.6 is 0 Å². The maximum absolute atomic E-state index is 14.3. The lowest BCUT2D eigenvalue weighted by molar-refractivity contribution is -0.323. The highest BCUT2D eigenvalue weighted by atomic mass is 16.7. The third-order valence-electron chi connectivity index (χ3n) is 12.5. The second-order valence-electron chi connectivity index (χ2n) is 17.8. The number of benzene rings is 7. The Morgan fingerprint density at radius 2 is 0.557 bits per heavy atom. The van der Waals surface area contributed by atoms with E-state index in [2.05, 4.69) is 0 Å². The van der Waals surface area contributed by atoms with Gasteiger partial charge in [-0.05, 0) is 84.9 Å². The molecule has 18 heteroatoms. The zero-order chi connectivity index (χ0) is 55.1. The molecule has 2 fully saturated rings. The molecule has 0 amide bonds. The molecule has 79 heavy (non-hydrogen) atoms. The Kier molecular flexibility index (Phi) is 18.0. The van der Waals surface area contributed by atoms with Crippen molar-refractivity contribution >= 4 is 41.8 Å². The number of ether oxygens (including phenoxy) is 10. The van der Waals surface area contributed by atoms with Crippen molar-refractivity contribution in [2.75, 3.05) is 13.2 Å². The Hall–Kier alpha value is -9.33. The summed E-state index contributed by atoms with van der Waals surface area (Å²) in [4.78, 5) is 98.0. The molecule has 0 aromatic heterocycles. The van der Waals surface area contributed by atoms with Gasteiger partial charge in [-0.15, -0.1) is 0 Å². The highest BCUT2D eigenvalue weighted by Gasteiger charge is 2.56. The summed E-state index contributed by atoms with van der Waals surface area (Å²) in [5.41, 5.74) is 0.388. The summed E-state index contributed by atoms with van der Waals surface area (Å²) in [6, 6.07) is 54.3. The molecule has 2 aliphatic heterocycles. The number of rotatable bonds is 18. The van der Waals surface area contributed by atoms with Crippen molar-refractivity contribution in [2.45, 2.75) is 61.4 Å². The van der Waals surface area contributed by atoms with E-state index in [-0.39, 0.29) is 38.9 Å². The van der Waals surface area contributed by atoms with Crippen LogP contribution in [0.2, 0.25) is 0 Å². The summed E-state index contributed by atoms with van der Waals surface area (Å²) in [5.74, 6) is -6.63. The van der Waals surface area contributed by atoms with Crippen LogP contribution in [0.1, 0.15) is 72.5 Å². The SMILES string of the molecule is O=C(OC[C@H]1O[C@@H](OC[C@H]2OC(O)[C@H](OC(=O)c3ccccc3)[C@@H](OC(=O)c3ccccc3)[C@@H]2OC(=O)c2ccccc2)[C@H](OC(=O)c2ccccc2)[C@@H](OC(=O)c2ccccc2)[C@@H]1OC(=O)c1ccccc1)c1ccccc1. The predicted molar refractivity (Wildman–Crippen MR) is 276 cm³/mol. The van der Waals surface area contributed by atoms with Crippen molar-refractivity contribution in [1.82, 2.24) is 0 Å². The van der Waals surface area contributed by atoms with Crippen LogP contribution in [0.4, 0.5) is 0 Å². The highest BCUT2D eigenvalue weighted by molar-refractivity contribution is 5.93. The Morgan fingerprint density at radius 3 is 0.886 bits per heavy atom. The molecule has 18 nitrogen and oxygen atoms in total. The van der Waals surface area contributed by atoms with Crippen molar-refractivity contribution in [3.63, 3.8) is 0 Å². The fraction of sp³-hybridized carbons (Fsp3) is 0.197. The van der Waals surface area contributed by atoms with E-state index in [0.717, 1.165) is 0 Å². The van der Waals surface area contributed by atoms with E-state index in [1.54, 1.807) is 127 Å². The molecule has 9 rings (SSSR count). The summed E-state index contributed by atoms with van der Waals surface area (Å²) < 4.78 is 61.4. The first-order valence-corrected chi connectivity index (χ1v) is 24.9. The van der Waals surface area contributed by atoms with Gasteiger partial charge in [-0.2, -0.15) is 0 Å². The minimum Gasteiger partial charge on any atom is -0.459 e. The highest BCUT2D eigenvalue weighted by Crippen LogP contribution is 2.35. The minimum atomic E-state index is -2.12. The van der Waals surface area contributed by atoms with Crippen molar-refractivity contribution in [1.29, 1.82) is 0 Å². The van der Waals surface area contributed by atoms with Crippen LogP contribution in [0.5, 0.6) is 0 Å². The lowest BCUT2D eigenvalue weighted by atomic mass is 9.96. The van der Waals surface area contributed by atoms with E-state index in [1.807, 2.05) is 0 Å². The summed E-state index contributed by atoms with van der Waals surface area (Å²) in [7, 11) is 0. The summed E-state index contributed by atoms with van der Waals surface area (Å²) >= 11 is 0. The van der Waals surface area contributed by atoms with E-state index in [9.17, 15) is 38.7 Å². The summed E-state index contributed by atoms with van der Waals surface area (Å²) in [6.45, 7) is -1.50. The molecule has 1 N–H and O–H groups in total. The lowest BCUT2D eigenvalue weighted by Crippen LogP contribution is -2.65. The first-order chi connectivity index (χ1) is 38.5. The van der Waals surface area contributed by atoms with Crippen LogP contribution in [0.25, 0.3) is 0 Å². The van der Waals surface area contributed by atoms with Gasteiger partial charge in [0.15, 0.2) is 49.2 Å². The van der Waals surface area contributed by atoms with Crippen LogP contribution in [0.15, 0.2) is 212 Å². The standard InChI is InChI=1S/C61H50O18/c62-53(38-22-8-1-9-23-38)70-36-46-48(75-55(64)40-26-12-3-13-27-40)50(77-57(66)42-30-16-5-17-31-42)52(79-59(68)44-34-20-7-21-35-44)61(73-46)71-37-45-47(74-54(63)39-24-10-2-11-25-39)49(76-56(65)41-28-14-4-15-29-41)51(60(69)72-45)78-58(67)43-32-18-6-19-33-43/h1-35,45-52,60-61,69H,36-37H2/t45-,46-,47-,48-,49+,50+,51-,52-,60?,61-/m1/s1. The average molecular weight is 1070 g/mol. The molecule has 2 saturated heterocycles. The normalized spacial score (nSPS) is 22.4. The van der Waals surface area contributed by atoms with Crippen molar-refractivity contribution in [2.24, 2.45) is 0 Å². The van der Waals surface area contributed by atoms with Gasteiger partial charge in [0.2, 0.25) is 0 Å². The Balaban J connectivity index is 1.12. The number of esters is 7. The van der Waals surface area contributed by atoms with E-state index in [0.29, 0.717) is 0 Å². The zero-order valence-corrected chi connectivity index (χ0v) is 41.8. The van der Waals surface area contributed by atoms with Gasteiger partial charge in [0, 0.05) is 0 Å². The smallest absolute Gasteiger partial charge is 0.338 e. The molecule has 0 saturated carbocycles. The average Bonchev–Trinajstić information content (AvgIpc) is 3.59. The lowest BCUT2D eigenvalue weighted by Gasteiger charge is -2.46. The molecule has 2 heterocycles. The van der Waals surface area contributed by atoms with Gasteiger partial charge in [-0.1, -0.05) is 127 Å². The summed E-state index contributed by atoms with van der Waals surface area (Å²) in [5, 5.41) is 11.9. The van der Waals surface area contributed by atoms with Crippen LogP contribution in [-0.2, 0) is 47.4 Å². The molecule has 402 valence electrons. The topological polar surface area (TPSA) is 232 Å². The molecule has 0 bridgehead atoms. The van der Waals surface area contributed by atoms with Crippen LogP contribution < -0.4 is 0 Å². The Bertz CT molecular complexity index is 3170. The number of aliphatic hydroxyl groups is 1. The fourth-order valence-corrected chi connectivity index (χ4v) is 8.58. The van der Waals surface area contributed by atoms with Gasteiger partial charge in [0.05, 0.1) is 45.6 Å².